The predicted molar refractivity (Wildman–Crippen MR) is 87.5 cm³/mol. The van der Waals surface area contributed by atoms with E-state index in [0.717, 1.165) is 32.4 Å². The van der Waals surface area contributed by atoms with Gasteiger partial charge in [0.15, 0.2) is 0 Å². The summed E-state index contributed by atoms with van der Waals surface area (Å²) >= 11 is 0. The standard InChI is InChI=1S/C18H27N3O/c1-13(2)15(14-4-3-7-20-11-14)12-21-17(22)16-10-18(16)5-8-19-9-6-18/h3-4,7,11,13,15-16,19H,5-6,8-10,12H2,1-2H3,(H,21,22). The summed E-state index contributed by atoms with van der Waals surface area (Å²) < 4.78 is 0. The van der Waals surface area contributed by atoms with Crippen molar-refractivity contribution in [2.75, 3.05) is 19.6 Å². The average molecular weight is 301 g/mol. The van der Waals surface area contributed by atoms with Crippen molar-refractivity contribution in [3.05, 3.63) is 30.1 Å². The maximum absolute atomic E-state index is 12.5. The molecule has 2 unspecified atom stereocenters. The Morgan fingerprint density at radius 1 is 1.45 bits per heavy atom. The summed E-state index contributed by atoms with van der Waals surface area (Å²) in [6, 6.07) is 4.08. The van der Waals surface area contributed by atoms with Gasteiger partial charge >= 0.3 is 0 Å². The van der Waals surface area contributed by atoms with Crippen molar-refractivity contribution in [2.24, 2.45) is 17.3 Å². The van der Waals surface area contributed by atoms with Crippen LogP contribution in [0.25, 0.3) is 0 Å². The number of rotatable bonds is 5. The number of carbonyl (C=O) groups is 1. The van der Waals surface area contributed by atoms with Crippen LogP contribution in [0.4, 0.5) is 0 Å². The van der Waals surface area contributed by atoms with Gasteiger partial charge in [0.1, 0.15) is 0 Å². The molecule has 1 saturated carbocycles. The molecule has 1 aliphatic heterocycles. The fraction of sp³-hybridized carbons (Fsp3) is 0.667. The normalized spacial score (nSPS) is 24.2. The van der Waals surface area contributed by atoms with Crippen LogP contribution in [-0.4, -0.2) is 30.5 Å². The third-order valence-electron chi connectivity index (χ3n) is 5.52. The molecule has 2 aliphatic rings. The molecule has 3 rings (SSSR count). The molecule has 0 aromatic carbocycles. The first-order valence-corrected chi connectivity index (χ1v) is 8.51. The van der Waals surface area contributed by atoms with Crippen LogP contribution in [0.1, 0.15) is 44.6 Å². The molecule has 2 N–H and O–H groups in total. The van der Waals surface area contributed by atoms with Gasteiger partial charge in [-0.1, -0.05) is 19.9 Å². The highest BCUT2D eigenvalue weighted by Gasteiger charge is 2.57. The van der Waals surface area contributed by atoms with Gasteiger partial charge in [-0.2, -0.15) is 0 Å². The smallest absolute Gasteiger partial charge is 0.223 e. The molecule has 2 heterocycles. The SMILES string of the molecule is CC(C)C(CNC(=O)C1CC12CCNCC2)c1cccnc1. The number of hydrogen-bond donors (Lipinski definition) is 2. The molecule has 1 aromatic rings. The van der Waals surface area contributed by atoms with Gasteiger partial charge in [-0.05, 0) is 55.3 Å². The minimum atomic E-state index is 0.247. The van der Waals surface area contributed by atoms with E-state index in [-0.39, 0.29) is 11.8 Å². The van der Waals surface area contributed by atoms with E-state index in [9.17, 15) is 4.79 Å². The van der Waals surface area contributed by atoms with Crippen LogP contribution in [0.3, 0.4) is 0 Å². The topological polar surface area (TPSA) is 54.0 Å². The molecule has 1 saturated heterocycles. The molecule has 0 radical (unpaired) electrons. The maximum atomic E-state index is 12.5. The van der Waals surface area contributed by atoms with Crippen molar-refractivity contribution >= 4 is 5.91 Å². The van der Waals surface area contributed by atoms with Crippen LogP contribution >= 0.6 is 0 Å². The number of nitrogens with one attached hydrogen (secondary N) is 2. The Bertz CT molecular complexity index is 508. The molecule has 4 heteroatoms. The molecule has 4 nitrogen and oxygen atoms in total. The van der Waals surface area contributed by atoms with Crippen molar-refractivity contribution in [1.82, 2.24) is 15.6 Å². The second-order valence-electron chi connectivity index (χ2n) is 7.25. The van der Waals surface area contributed by atoms with Crippen LogP contribution in [0, 0.1) is 17.3 Å². The average Bonchev–Trinajstić information content (AvgIpc) is 3.22. The highest BCUT2D eigenvalue weighted by Crippen LogP contribution is 2.58. The first-order chi connectivity index (χ1) is 10.6. The first kappa shape index (κ1) is 15.5. The Hall–Kier alpha value is -1.42. The maximum Gasteiger partial charge on any atom is 0.223 e. The lowest BCUT2D eigenvalue weighted by atomic mass is 9.89. The number of piperidine rings is 1. The van der Waals surface area contributed by atoms with E-state index >= 15 is 0 Å². The number of aromatic nitrogens is 1. The van der Waals surface area contributed by atoms with Gasteiger partial charge in [0.2, 0.25) is 5.91 Å². The summed E-state index contributed by atoms with van der Waals surface area (Å²) in [5, 5.41) is 6.60. The van der Waals surface area contributed by atoms with Gasteiger partial charge in [-0.15, -0.1) is 0 Å². The number of amides is 1. The predicted octanol–water partition coefficient (Wildman–Crippen LogP) is 2.33. The Morgan fingerprint density at radius 3 is 2.86 bits per heavy atom. The summed E-state index contributed by atoms with van der Waals surface area (Å²) in [5.41, 5.74) is 1.53. The monoisotopic (exact) mass is 301 g/mol. The third-order valence-corrected chi connectivity index (χ3v) is 5.52. The second-order valence-corrected chi connectivity index (χ2v) is 7.25. The lowest BCUT2D eigenvalue weighted by molar-refractivity contribution is -0.123. The fourth-order valence-corrected chi connectivity index (χ4v) is 3.86. The van der Waals surface area contributed by atoms with Crippen molar-refractivity contribution in [3.8, 4) is 0 Å². The molecular weight excluding hydrogens is 274 g/mol. The highest BCUT2D eigenvalue weighted by atomic mass is 16.2. The van der Waals surface area contributed by atoms with Crippen molar-refractivity contribution in [2.45, 2.75) is 39.0 Å². The van der Waals surface area contributed by atoms with E-state index in [0.29, 0.717) is 23.8 Å². The van der Waals surface area contributed by atoms with Gasteiger partial charge in [0.25, 0.3) is 0 Å². The van der Waals surface area contributed by atoms with E-state index in [1.807, 2.05) is 12.3 Å². The molecule has 120 valence electrons. The zero-order chi connectivity index (χ0) is 15.6. The molecule has 1 spiro atoms. The molecule has 0 bridgehead atoms. The molecule has 1 aliphatic carbocycles. The van der Waals surface area contributed by atoms with Gasteiger partial charge < -0.3 is 10.6 Å². The Morgan fingerprint density at radius 2 is 2.23 bits per heavy atom. The molecule has 2 fully saturated rings. The van der Waals surface area contributed by atoms with E-state index in [2.05, 4.69) is 35.5 Å². The van der Waals surface area contributed by atoms with Crippen LogP contribution in [-0.2, 0) is 4.79 Å². The number of nitrogens with zero attached hydrogens (tertiary/aromatic N) is 1. The zero-order valence-corrected chi connectivity index (χ0v) is 13.6. The molecular formula is C18H27N3O. The number of carbonyl (C=O) groups excluding carboxylic acids is 1. The summed E-state index contributed by atoms with van der Waals surface area (Å²) in [6.45, 7) is 7.25. The molecule has 1 amide bonds. The van der Waals surface area contributed by atoms with Gasteiger partial charge in [-0.3, -0.25) is 9.78 Å². The van der Waals surface area contributed by atoms with E-state index in [4.69, 9.17) is 0 Å². The van der Waals surface area contributed by atoms with Gasteiger partial charge in [0, 0.05) is 30.8 Å². The summed E-state index contributed by atoms with van der Waals surface area (Å²) in [7, 11) is 0. The number of pyridine rings is 1. The Labute approximate surface area is 133 Å². The van der Waals surface area contributed by atoms with Crippen LogP contribution in [0.2, 0.25) is 0 Å². The van der Waals surface area contributed by atoms with Crippen molar-refractivity contribution in [1.29, 1.82) is 0 Å². The Kier molecular flexibility index (Phi) is 4.48. The Balaban J connectivity index is 1.56. The van der Waals surface area contributed by atoms with Crippen LogP contribution in [0.5, 0.6) is 0 Å². The summed E-state index contributed by atoms with van der Waals surface area (Å²) in [6.07, 6.45) is 7.11. The van der Waals surface area contributed by atoms with Crippen LogP contribution < -0.4 is 10.6 Å². The van der Waals surface area contributed by atoms with Gasteiger partial charge in [-0.25, -0.2) is 0 Å². The molecule has 2 atom stereocenters. The highest BCUT2D eigenvalue weighted by molar-refractivity contribution is 5.82. The fourth-order valence-electron chi connectivity index (χ4n) is 3.86. The minimum absolute atomic E-state index is 0.247. The lowest BCUT2D eigenvalue weighted by Crippen LogP contribution is -2.35. The zero-order valence-electron chi connectivity index (χ0n) is 13.6. The quantitative estimate of drug-likeness (QED) is 0.877. The van der Waals surface area contributed by atoms with Gasteiger partial charge in [0.05, 0.1) is 0 Å². The second kappa shape index (κ2) is 6.37. The third kappa shape index (κ3) is 3.17. The van der Waals surface area contributed by atoms with Crippen LogP contribution in [0.15, 0.2) is 24.5 Å². The molecule has 22 heavy (non-hydrogen) atoms. The first-order valence-electron chi connectivity index (χ1n) is 8.51. The van der Waals surface area contributed by atoms with Crippen molar-refractivity contribution in [3.63, 3.8) is 0 Å². The summed E-state index contributed by atoms with van der Waals surface area (Å²) in [5.74, 6) is 1.32. The number of hydrogen-bond acceptors (Lipinski definition) is 3. The summed E-state index contributed by atoms with van der Waals surface area (Å²) in [4.78, 5) is 16.7. The molecule has 1 aromatic heterocycles. The lowest BCUT2D eigenvalue weighted by Gasteiger charge is -2.24. The van der Waals surface area contributed by atoms with E-state index in [1.54, 1.807) is 6.20 Å². The van der Waals surface area contributed by atoms with E-state index < -0.39 is 0 Å². The largest absolute Gasteiger partial charge is 0.355 e. The minimum Gasteiger partial charge on any atom is -0.355 e. The van der Waals surface area contributed by atoms with E-state index in [1.165, 1.54) is 5.56 Å². The van der Waals surface area contributed by atoms with Crippen molar-refractivity contribution < 1.29 is 4.79 Å².